The number of carbonyl (C=O) groups excluding carboxylic acids is 2. The molecule has 2 amide bonds. The average Bonchev–Trinajstić information content (AvgIpc) is 3.19. The maximum absolute atomic E-state index is 12.5. The smallest absolute Gasteiger partial charge is 0.326 e. The van der Waals surface area contributed by atoms with Crippen molar-refractivity contribution in [1.29, 1.82) is 0 Å². The summed E-state index contributed by atoms with van der Waals surface area (Å²) < 4.78 is 0. The van der Waals surface area contributed by atoms with Gasteiger partial charge in [-0.2, -0.15) is 0 Å². The van der Waals surface area contributed by atoms with Crippen molar-refractivity contribution in [3.63, 3.8) is 0 Å². The minimum atomic E-state index is -0.889. The second kappa shape index (κ2) is 7.68. The van der Waals surface area contributed by atoms with Crippen LogP contribution in [0.2, 0.25) is 0 Å². The molecular formula is C19H24N2O4. The highest BCUT2D eigenvalue weighted by Gasteiger charge is 2.49. The molecule has 3 atom stereocenters. The van der Waals surface area contributed by atoms with Crippen LogP contribution in [0.4, 0.5) is 0 Å². The van der Waals surface area contributed by atoms with Crippen LogP contribution >= 0.6 is 0 Å². The summed E-state index contributed by atoms with van der Waals surface area (Å²) in [5, 5.41) is 12.3. The van der Waals surface area contributed by atoms with E-state index in [2.05, 4.69) is 5.32 Å². The van der Waals surface area contributed by atoms with Crippen molar-refractivity contribution < 1.29 is 19.5 Å². The van der Waals surface area contributed by atoms with Gasteiger partial charge in [0.15, 0.2) is 0 Å². The Labute approximate surface area is 147 Å². The molecule has 2 aliphatic rings. The van der Waals surface area contributed by atoms with Gasteiger partial charge in [0.25, 0.3) is 5.91 Å². The molecule has 25 heavy (non-hydrogen) atoms. The van der Waals surface area contributed by atoms with Crippen molar-refractivity contribution in [3.05, 3.63) is 35.9 Å². The molecule has 1 aliphatic heterocycles. The molecular weight excluding hydrogens is 320 g/mol. The number of benzene rings is 1. The van der Waals surface area contributed by atoms with Crippen LogP contribution in [-0.2, 0) is 9.59 Å². The van der Waals surface area contributed by atoms with Crippen LogP contribution in [0.5, 0.6) is 0 Å². The summed E-state index contributed by atoms with van der Waals surface area (Å²) in [6.07, 6.45) is 3.75. The summed E-state index contributed by atoms with van der Waals surface area (Å²) >= 11 is 0. The maximum atomic E-state index is 12.5. The summed E-state index contributed by atoms with van der Waals surface area (Å²) in [4.78, 5) is 37.5. The van der Waals surface area contributed by atoms with Crippen molar-refractivity contribution in [2.24, 2.45) is 11.8 Å². The van der Waals surface area contributed by atoms with E-state index in [9.17, 15) is 19.5 Å². The highest BCUT2D eigenvalue weighted by molar-refractivity contribution is 5.94. The Hall–Kier alpha value is -2.37. The van der Waals surface area contributed by atoms with Crippen LogP contribution in [0.1, 0.15) is 42.5 Å². The van der Waals surface area contributed by atoms with E-state index in [0.717, 1.165) is 19.3 Å². The molecule has 1 aliphatic carbocycles. The number of likely N-dealkylation sites (tertiary alicyclic amines) is 1. The van der Waals surface area contributed by atoms with Gasteiger partial charge in [-0.3, -0.25) is 9.59 Å². The van der Waals surface area contributed by atoms with Crippen LogP contribution in [0.25, 0.3) is 0 Å². The van der Waals surface area contributed by atoms with Crippen LogP contribution in [0.3, 0.4) is 0 Å². The van der Waals surface area contributed by atoms with Crippen LogP contribution in [0.15, 0.2) is 30.3 Å². The number of hydrogen-bond acceptors (Lipinski definition) is 3. The molecule has 0 aromatic heterocycles. The zero-order chi connectivity index (χ0) is 17.8. The number of amides is 2. The summed E-state index contributed by atoms with van der Waals surface area (Å²) in [7, 11) is 0. The van der Waals surface area contributed by atoms with Gasteiger partial charge in [0.1, 0.15) is 6.04 Å². The highest BCUT2D eigenvalue weighted by Crippen LogP contribution is 2.42. The molecule has 2 fully saturated rings. The third-order valence-electron chi connectivity index (χ3n) is 5.35. The van der Waals surface area contributed by atoms with E-state index in [1.54, 1.807) is 29.2 Å². The lowest BCUT2D eigenvalue weighted by atomic mass is 9.94. The van der Waals surface area contributed by atoms with Gasteiger partial charge >= 0.3 is 5.97 Å². The monoisotopic (exact) mass is 344 g/mol. The Kier molecular flexibility index (Phi) is 5.36. The third-order valence-corrected chi connectivity index (χ3v) is 5.35. The molecule has 1 aromatic rings. The standard InChI is InChI=1S/C19H24N2O4/c22-16(10-5-11-20-18(23)13-6-2-1-3-7-13)21-12-14-8-4-9-15(14)17(21)19(24)25/h1-3,6-7,14-15,17H,4-5,8-12H2,(H,20,23)(H,24,25). The molecule has 0 spiro atoms. The van der Waals surface area contributed by atoms with E-state index in [4.69, 9.17) is 0 Å². The lowest BCUT2D eigenvalue weighted by Gasteiger charge is -2.24. The van der Waals surface area contributed by atoms with Gasteiger partial charge in [-0.15, -0.1) is 0 Å². The Bertz CT molecular complexity index is 646. The first-order valence-corrected chi connectivity index (χ1v) is 8.93. The molecule has 6 heteroatoms. The number of carboxylic acids is 1. The Morgan fingerprint density at radius 1 is 1.16 bits per heavy atom. The van der Waals surface area contributed by atoms with E-state index in [-0.39, 0.29) is 24.2 Å². The van der Waals surface area contributed by atoms with Gasteiger partial charge in [0.2, 0.25) is 5.91 Å². The fraction of sp³-hybridized carbons (Fsp3) is 0.526. The Morgan fingerprint density at radius 2 is 1.92 bits per heavy atom. The molecule has 1 aromatic carbocycles. The topological polar surface area (TPSA) is 86.7 Å². The van der Waals surface area contributed by atoms with Crippen molar-refractivity contribution in [2.45, 2.75) is 38.1 Å². The van der Waals surface area contributed by atoms with E-state index in [1.165, 1.54) is 0 Å². The zero-order valence-corrected chi connectivity index (χ0v) is 14.2. The number of carbonyl (C=O) groups is 3. The van der Waals surface area contributed by atoms with Gasteiger partial charge < -0.3 is 15.3 Å². The van der Waals surface area contributed by atoms with Crippen molar-refractivity contribution in [2.75, 3.05) is 13.1 Å². The van der Waals surface area contributed by atoms with E-state index in [0.29, 0.717) is 31.0 Å². The summed E-state index contributed by atoms with van der Waals surface area (Å²) in [5.41, 5.74) is 0.590. The molecule has 1 saturated carbocycles. The molecule has 0 radical (unpaired) electrons. The zero-order valence-electron chi connectivity index (χ0n) is 14.2. The Morgan fingerprint density at radius 3 is 2.64 bits per heavy atom. The lowest BCUT2D eigenvalue weighted by Crippen LogP contribution is -2.43. The molecule has 0 bridgehead atoms. The molecule has 1 saturated heterocycles. The largest absolute Gasteiger partial charge is 0.480 e. The minimum absolute atomic E-state index is 0.110. The number of nitrogens with zero attached hydrogens (tertiary/aromatic N) is 1. The first-order valence-electron chi connectivity index (χ1n) is 8.93. The quantitative estimate of drug-likeness (QED) is 0.772. The van der Waals surface area contributed by atoms with E-state index < -0.39 is 12.0 Å². The molecule has 3 unspecified atom stereocenters. The first kappa shape index (κ1) is 17.5. The fourth-order valence-electron chi connectivity index (χ4n) is 4.16. The second-order valence-corrected chi connectivity index (χ2v) is 6.91. The number of rotatable bonds is 6. The van der Waals surface area contributed by atoms with Gasteiger partial charge in [0.05, 0.1) is 0 Å². The third kappa shape index (κ3) is 3.83. The number of nitrogens with one attached hydrogen (secondary N) is 1. The van der Waals surface area contributed by atoms with Crippen molar-refractivity contribution in [1.82, 2.24) is 10.2 Å². The minimum Gasteiger partial charge on any atom is -0.480 e. The number of aliphatic carboxylic acids is 1. The molecule has 3 rings (SSSR count). The SMILES string of the molecule is O=C(NCCCC(=O)N1CC2CCCC2C1C(=O)O)c1ccccc1. The Balaban J connectivity index is 1.46. The van der Waals surface area contributed by atoms with E-state index in [1.807, 2.05) is 6.07 Å². The first-order chi connectivity index (χ1) is 12.1. The van der Waals surface area contributed by atoms with E-state index >= 15 is 0 Å². The summed E-state index contributed by atoms with van der Waals surface area (Å²) in [6.45, 7) is 0.967. The number of fused-ring (bicyclic) bond motifs is 1. The molecule has 134 valence electrons. The molecule has 6 nitrogen and oxygen atoms in total. The van der Waals surface area contributed by atoms with Gasteiger partial charge in [-0.25, -0.2) is 4.79 Å². The van der Waals surface area contributed by atoms with Crippen molar-refractivity contribution >= 4 is 17.8 Å². The summed E-state index contributed by atoms with van der Waals surface area (Å²) in [5.74, 6) is -0.717. The highest BCUT2D eigenvalue weighted by atomic mass is 16.4. The van der Waals surface area contributed by atoms with Crippen LogP contribution in [-0.4, -0.2) is 46.9 Å². The summed E-state index contributed by atoms with van der Waals surface area (Å²) in [6, 6.07) is 8.25. The van der Waals surface area contributed by atoms with Crippen molar-refractivity contribution in [3.8, 4) is 0 Å². The predicted octanol–water partition coefficient (Wildman–Crippen LogP) is 1.91. The number of hydrogen-bond donors (Lipinski definition) is 2. The van der Waals surface area contributed by atoms with Crippen LogP contribution in [0, 0.1) is 11.8 Å². The van der Waals surface area contributed by atoms with Crippen LogP contribution < -0.4 is 5.32 Å². The van der Waals surface area contributed by atoms with Gasteiger partial charge in [-0.05, 0) is 43.2 Å². The maximum Gasteiger partial charge on any atom is 0.326 e. The second-order valence-electron chi connectivity index (χ2n) is 6.91. The average molecular weight is 344 g/mol. The normalized spacial score (nSPS) is 24.8. The number of carboxylic acid groups (broad SMARTS) is 1. The van der Waals surface area contributed by atoms with Gasteiger partial charge in [0, 0.05) is 25.1 Å². The fourth-order valence-corrected chi connectivity index (χ4v) is 4.16. The lowest BCUT2D eigenvalue weighted by molar-refractivity contribution is -0.149. The molecule has 2 N–H and O–H groups in total. The van der Waals surface area contributed by atoms with Gasteiger partial charge in [-0.1, -0.05) is 24.6 Å². The predicted molar refractivity (Wildman–Crippen MR) is 92.0 cm³/mol. The molecule has 1 heterocycles.